The lowest BCUT2D eigenvalue weighted by molar-refractivity contribution is -0.652. The molecule has 5 rings (SSSR count). The first-order chi connectivity index (χ1) is 20.1. The lowest BCUT2D eigenvalue weighted by Gasteiger charge is -2.06. The van der Waals surface area contributed by atoms with E-state index >= 15 is 0 Å². The molecule has 42 heavy (non-hydrogen) atoms. The van der Waals surface area contributed by atoms with Crippen molar-refractivity contribution in [3.63, 3.8) is 0 Å². The zero-order valence-corrected chi connectivity index (χ0v) is 23.8. The van der Waals surface area contributed by atoms with E-state index < -0.39 is 10.1 Å². The summed E-state index contributed by atoms with van der Waals surface area (Å²) in [5.74, 6) is 7.20. The fourth-order valence-electron chi connectivity index (χ4n) is 3.75. The summed E-state index contributed by atoms with van der Waals surface area (Å²) in [5.41, 5.74) is 3.71. The number of aromatic nitrogens is 3. The highest BCUT2D eigenvalue weighted by Gasteiger charge is 2.20. The number of benzene rings is 4. The van der Waals surface area contributed by atoms with Gasteiger partial charge in [0, 0.05) is 35.9 Å². The first kappa shape index (κ1) is 29.8. The molecule has 214 valence electrons. The molecule has 0 aliphatic carbocycles. The number of rotatable bonds is 8. The summed E-state index contributed by atoms with van der Waals surface area (Å²) in [6.45, 7) is 3.84. The van der Waals surface area contributed by atoms with Crippen molar-refractivity contribution in [2.75, 3.05) is 11.2 Å². The van der Waals surface area contributed by atoms with E-state index in [0.717, 1.165) is 17.2 Å². The molecule has 0 unspecified atom stereocenters. The number of Topliss-reactive ketones (excluding diaryl/α,β-unsaturated/α-hetero) is 1. The van der Waals surface area contributed by atoms with Crippen molar-refractivity contribution in [2.24, 2.45) is 10.2 Å². The number of carbonyl (C=O) groups excluding carboxylic acids is 1. The normalized spacial score (nSPS) is 11.1. The van der Waals surface area contributed by atoms with Gasteiger partial charge >= 0.3 is 0 Å². The minimum Gasteiger partial charge on any atom is -0.744 e. The molecule has 0 bridgehead atoms. The molecule has 0 atom stereocenters. The quantitative estimate of drug-likeness (QED) is 0.0842. The number of azo groups is 1. The Labute approximate surface area is 243 Å². The van der Waals surface area contributed by atoms with Crippen LogP contribution in [0.15, 0.2) is 124 Å². The average Bonchev–Trinajstić information content (AvgIpc) is 3.24. The molecule has 1 aromatic heterocycles. The van der Waals surface area contributed by atoms with Crippen LogP contribution in [0.3, 0.4) is 0 Å². The van der Waals surface area contributed by atoms with E-state index in [2.05, 4.69) is 20.6 Å². The van der Waals surface area contributed by atoms with Crippen molar-refractivity contribution in [3.8, 4) is 0 Å². The number of anilines is 2. The molecule has 0 aliphatic rings. The molecule has 1 heterocycles. The predicted molar refractivity (Wildman–Crippen MR) is 158 cm³/mol. The van der Waals surface area contributed by atoms with Gasteiger partial charge in [0.2, 0.25) is 0 Å². The number of aryl methyl sites for hydroxylation is 1. The van der Waals surface area contributed by atoms with Gasteiger partial charge < -0.3 is 9.87 Å². The lowest BCUT2D eigenvalue weighted by Crippen LogP contribution is -2.48. The second kappa shape index (κ2) is 13.4. The second-order valence-corrected chi connectivity index (χ2v) is 10.5. The van der Waals surface area contributed by atoms with Crippen LogP contribution >= 0.6 is 0 Å². The van der Waals surface area contributed by atoms with Crippen LogP contribution in [-0.4, -0.2) is 28.5 Å². The van der Waals surface area contributed by atoms with Crippen molar-refractivity contribution < 1.29 is 22.4 Å². The standard InChI is InChI=1S/C18H15N3O3S.C12H15N4O/c22-25(23,24)18-12-10-17(11-13-18)21-20-16-8-6-15(7-9-16)19-14-4-2-1-3-5-14;1-9-14-15(10(2)16(9)13)8-12(17)11-6-4-3-5-7-11/h1-13,19H,(H,22,23,24);3-7H,8,13H2,1-2H3/q;+1/p-1. The fourth-order valence-corrected chi connectivity index (χ4v) is 4.22. The maximum Gasteiger partial charge on any atom is 0.295 e. The molecule has 0 saturated heterocycles. The first-order valence-corrected chi connectivity index (χ1v) is 14.2. The molecule has 3 N–H and O–H groups in total. The number of nitrogens with zero attached hydrogens (tertiary/aromatic N) is 5. The smallest absolute Gasteiger partial charge is 0.295 e. The van der Waals surface area contributed by atoms with Crippen LogP contribution in [-0.2, 0) is 16.7 Å². The second-order valence-electron chi connectivity index (χ2n) is 9.10. The van der Waals surface area contributed by atoms with E-state index in [-0.39, 0.29) is 17.2 Å². The highest BCUT2D eigenvalue weighted by Crippen LogP contribution is 2.23. The van der Waals surface area contributed by atoms with Gasteiger partial charge in [-0.3, -0.25) is 10.6 Å². The van der Waals surface area contributed by atoms with Crippen LogP contribution in [0.1, 0.15) is 22.0 Å². The Bertz CT molecular complexity index is 1770. The highest BCUT2D eigenvalue weighted by atomic mass is 32.2. The molecule has 0 aliphatic heterocycles. The number of hydrogen-bond acceptors (Lipinski definition) is 9. The summed E-state index contributed by atoms with van der Waals surface area (Å²) < 4.78 is 35.7. The van der Waals surface area contributed by atoms with Crippen LogP contribution in [0.2, 0.25) is 0 Å². The molecular formula is C30H29N7O4S. The number of ketones is 1. The molecule has 11 nitrogen and oxygen atoms in total. The third kappa shape index (κ3) is 8.16. The summed E-state index contributed by atoms with van der Waals surface area (Å²) >= 11 is 0. The summed E-state index contributed by atoms with van der Waals surface area (Å²) in [6, 6.07) is 31.6. The zero-order chi connectivity index (χ0) is 30.1. The minimum atomic E-state index is -4.45. The minimum absolute atomic E-state index is 0.0248. The van der Waals surface area contributed by atoms with E-state index in [1.807, 2.05) is 79.7 Å². The van der Waals surface area contributed by atoms with Crippen molar-refractivity contribution in [1.82, 2.24) is 9.78 Å². The molecule has 0 spiro atoms. The fraction of sp³-hybridized carbons (Fsp3) is 0.100. The van der Waals surface area contributed by atoms with E-state index in [1.54, 1.807) is 23.7 Å². The summed E-state index contributed by atoms with van der Waals surface area (Å²) in [6.07, 6.45) is 0. The number of para-hydroxylation sites is 1. The van der Waals surface area contributed by atoms with Crippen LogP contribution in [0.5, 0.6) is 0 Å². The number of carbonyl (C=O) groups is 1. The number of nitrogens with one attached hydrogen (secondary N) is 1. The van der Waals surface area contributed by atoms with E-state index in [9.17, 15) is 17.8 Å². The average molecular weight is 584 g/mol. The Morgan fingerprint density at radius 2 is 1.33 bits per heavy atom. The molecule has 4 aromatic carbocycles. The molecule has 12 heteroatoms. The summed E-state index contributed by atoms with van der Waals surface area (Å²) in [4.78, 5) is 11.7. The van der Waals surface area contributed by atoms with Crippen molar-refractivity contribution >= 4 is 38.7 Å². The monoisotopic (exact) mass is 583 g/mol. The van der Waals surface area contributed by atoms with Crippen molar-refractivity contribution in [2.45, 2.75) is 25.3 Å². The summed E-state index contributed by atoms with van der Waals surface area (Å²) in [7, 11) is -4.45. The molecule has 0 amide bonds. The maximum absolute atomic E-state index is 12.0. The predicted octanol–water partition coefficient (Wildman–Crippen LogP) is 5.13. The third-order valence-corrected chi connectivity index (χ3v) is 6.91. The van der Waals surface area contributed by atoms with Gasteiger partial charge in [-0.25, -0.2) is 8.42 Å². The van der Waals surface area contributed by atoms with Crippen molar-refractivity contribution in [1.29, 1.82) is 0 Å². The number of nitrogen functional groups attached to an aromatic ring is 1. The zero-order valence-electron chi connectivity index (χ0n) is 23.0. The lowest BCUT2D eigenvalue weighted by atomic mass is 10.1. The van der Waals surface area contributed by atoms with Gasteiger partial charge in [0.15, 0.2) is 12.3 Å². The first-order valence-electron chi connectivity index (χ1n) is 12.8. The van der Waals surface area contributed by atoms with Gasteiger partial charge in [0.1, 0.15) is 10.1 Å². The molecule has 0 saturated carbocycles. The van der Waals surface area contributed by atoms with Gasteiger partial charge in [-0.05, 0) is 60.7 Å². The van der Waals surface area contributed by atoms with Gasteiger partial charge in [-0.2, -0.15) is 10.2 Å². The molecular weight excluding hydrogens is 554 g/mol. The van der Waals surface area contributed by atoms with E-state index in [0.29, 0.717) is 22.8 Å². The van der Waals surface area contributed by atoms with Gasteiger partial charge in [0.25, 0.3) is 11.6 Å². The van der Waals surface area contributed by atoms with Crippen LogP contribution in [0.4, 0.5) is 22.7 Å². The Balaban J connectivity index is 0.000000208. The number of hydrogen-bond donors (Lipinski definition) is 2. The Hall–Kier alpha value is -5.20. The van der Waals surface area contributed by atoms with Crippen LogP contribution < -0.4 is 15.8 Å². The largest absolute Gasteiger partial charge is 0.744 e. The molecule has 0 radical (unpaired) electrons. The highest BCUT2D eigenvalue weighted by molar-refractivity contribution is 7.85. The SMILES string of the molecule is Cc1nn(CC(=O)c2ccccc2)c(C)[n+]1N.O=S(=O)([O-])c1ccc(N=Nc2ccc(Nc3ccccc3)cc2)cc1. The van der Waals surface area contributed by atoms with Crippen molar-refractivity contribution in [3.05, 3.63) is 126 Å². The Morgan fingerprint density at radius 3 is 1.83 bits per heavy atom. The van der Waals surface area contributed by atoms with Gasteiger partial charge in [-0.15, -0.1) is 9.36 Å². The maximum atomic E-state index is 12.0. The molecule has 0 fully saturated rings. The van der Waals surface area contributed by atoms with Crippen LogP contribution in [0.25, 0.3) is 0 Å². The van der Waals surface area contributed by atoms with Gasteiger partial charge in [-0.1, -0.05) is 48.5 Å². The third-order valence-electron chi connectivity index (χ3n) is 6.06. The van der Waals surface area contributed by atoms with Gasteiger partial charge in [0.05, 0.1) is 16.3 Å². The Kier molecular flexibility index (Phi) is 9.53. The van der Waals surface area contributed by atoms with E-state index in [4.69, 9.17) is 5.84 Å². The molecule has 5 aromatic rings. The Morgan fingerprint density at radius 1 is 0.833 bits per heavy atom. The topological polar surface area (TPSA) is 159 Å². The van der Waals surface area contributed by atoms with Crippen LogP contribution in [0, 0.1) is 13.8 Å². The van der Waals surface area contributed by atoms with E-state index in [1.165, 1.54) is 28.9 Å². The number of nitrogens with two attached hydrogens (primary N) is 1. The summed E-state index contributed by atoms with van der Waals surface area (Å²) in [5, 5.41) is 15.6.